The van der Waals surface area contributed by atoms with Crippen LogP contribution in [-0.4, -0.2) is 39.2 Å². The minimum Gasteiger partial charge on any atom is -0.388 e. The Balaban J connectivity index is 1.55. The highest BCUT2D eigenvalue weighted by molar-refractivity contribution is 6.31. The normalized spacial score (nSPS) is 21.7. The van der Waals surface area contributed by atoms with Crippen LogP contribution >= 0.6 is 11.6 Å². The Morgan fingerprint density at radius 1 is 1.41 bits per heavy atom. The molecule has 2 aromatic rings. The molecule has 118 valence electrons. The van der Waals surface area contributed by atoms with Gasteiger partial charge in [-0.2, -0.15) is 0 Å². The highest BCUT2D eigenvalue weighted by atomic mass is 35.5. The van der Waals surface area contributed by atoms with Gasteiger partial charge in [0.2, 0.25) is 5.91 Å². The Kier molecular flexibility index (Phi) is 4.15. The number of hydrogen-bond donors (Lipinski definition) is 1. The van der Waals surface area contributed by atoms with Gasteiger partial charge in [0, 0.05) is 48.2 Å². The predicted octanol–water partition coefficient (Wildman–Crippen LogP) is 3.06. The van der Waals surface area contributed by atoms with Gasteiger partial charge in [-0.3, -0.25) is 4.79 Å². The molecule has 1 saturated heterocycles. The quantitative estimate of drug-likeness (QED) is 0.941. The molecular weight excluding hydrogens is 300 g/mol. The molecule has 1 aromatic carbocycles. The molecule has 1 amide bonds. The molecule has 0 bridgehead atoms. The largest absolute Gasteiger partial charge is 0.388 e. The van der Waals surface area contributed by atoms with Crippen LogP contribution in [0.5, 0.6) is 0 Å². The Labute approximate surface area is 135 Å². The first-order valence-electron chi connectivity index (χ1n) is 7.69. The summed E-state index contributed by atoms with van der Waals surface area (Å²) in [6.07, 6.45) is 4.01. The summed E-state index contributed by atoms with van der Waals surface area (Å²) in [5.74, 6) is 0.136. The number of benzene rings is 1. The number of carbonyl (C=O) groups is 1. The molecule has 1 N–H and O–H groups in total. The molecule has 0 aliphatic carbocycles. The number of fused-ring (bicyclic) bond motifs is 1. The Morgan fingerprint density at radius 2 is 2.23 bits per heavy atom. The predicted molar refractivity (Wildman–Crippen MR) is 88.0 cm³/mol. The van der Waals surface area contributed by atoms with Crippen LogP contribution in [0, 0.1) is 0 Å². The zero-order chi connectivity index (χ0) is 15.7. The molecule has 4 nitrogen and oxygen atoms in total. The number of aromatic nitrogens is 1. The number of halogens is 1. The van der Waals surface area contributed by atoms with Crippen molar-refractivity contribution in [3.63, 3.8) is 0 Å². The molecular formula is C17H21ClN2O2. The van der Waals surface area contributed by atoms with E-state index in [-0.39, 0.29) is 5.91 Å². The van der Waals surface area contributed by atoms with Crippen LogP contribution in [0.1, 0.15) is 26.2 Å². The van der Waals surface area contributed by atoms with Crippen molar-refractivity contribution in [3.8, 4) is 0 Å². The van der Waals surface area contributed by atoms with E-state index in [1.54, 1.807) is 11.8 Å². The fourth-order valence-corrected chi connectivity index (χ4v) is 3.26. The molecule has 0 unspecified atom stereocenters. The van der Waals surface area contributed by atoms with Crippen molar-refractivity contribution >= 4 is 28.4 Å². The summed E-state index contributed by atoms with van der Waals surface area (Å²) < 4.78 is 2.15. The van der Waals surface area contributed by atoms with Crippen LogP contribution in [0.3, 0.4) is 0 Å². The van der Waals surface area contributed by atoms with E-state index in [0.29, 0.717) is 25.9 Å². The van der Waals surface area contributed by atoms with Crippen LogP contribution in [0.4, 0.5) is 0 Å². The van der Waals surface area contributed by atoms with Crippen molar-refractivity contribution in [1.82, 2.24) is 9.47 Å². The molecule has 1 aliphatic heterocycles. The summed E-state index contributed by atoms with van der Waals surface area (Å²) in [5.41, 5.74) is 0.423. The number of nitrogens with zero attached hydrogens (tertiary/aromatic N) is 2. The van der Waals surface area contributed by atoms with E-state index in [9.17, 15) is 9.90 Å². The number of carbonyl (C=O) groups excluding carboxylic acids is 1. The van der Waals surface area contributed by atoms with E-state index in [1.807, 2.05) is 30.5 Å². The highest BCUT2D eigenvalue weighted by Gasteiger charge is 2.33. The van der Waals surface area contributed by atoms with Crippen molar-refractivity contribution in [2.45, 2.75) is 38.3 Å². The summed E-state index contributed by atoms with van der Waals surface area (Å²) in [7, 11) is 0. The van der Waals surface area contributed by atoms with Gasteiger partial charge >= 0.3 is 0 Å². The first kappa shape index (κ1) is 15.4. The molecule has 1 fully saturated rings. The number of β-amino-alcohol motifs (C(OH)–C–C–N with tert-alkyl or cyclic N) is 1. The summed E-state index contributed by atoms with van der Waals surface area (Å²) in [6.45, 7) is 3.71. The van der Waals surface area contributed by atoms with E-state index in [4.69, 9.17) is 11.6 Å². The van der Waals surface area contributed by atoms with Gasteiger partial charge in [-0.1, -0.05) is 11.6 Å². The van der Waals surface area contributed by atoms with Crippen molar-refractivity contribution in [1.29, 1.82) is 0 Å². The lowest BCUT2D eigenvalue weighted by Crippen LogP contribution is -2.33. The number of likely N-dealkylation sites (tertiary alicyclic amines) is 1. The summed E-state index contributed by atoms with van der Waals surface area (Å²) in [5, 5.41) is 11.8. The molecule has 3 rings (SSSR count). The van der Waals surface area contributed by atoms with Crippen LogP contribution in [0.25, 0.3) is 10.9 Å². The monoisotopic (exact) mass is 320 g/mol. The third kappa shape index (κ3) is 3.28. The minimum atomic E-state index is -0.717. The van der Waals surface area contributed by atoms with Gasteiger partial charge in [0.15, 0.2) is 0 Å². The van der Waals surface area contributed by atoms with Gasteiger partial charge in [0.05, 0.1) is 5.60 Å². The molecule has 1 aliphatic rings. The molecule has 1 atom stereocenters. The summed E-state index contributed by atoms with van der Waals surface area (Å²) in [6, 6.07) is 7.89. The van der Waals surface area contributed by atoms with Crippen LogP contribution < -0.4 is 0 Å². The first-order chi connectivity index (χ1) is 10.4. The SMILES string of the molecule is C[C@@]1(O)CCN(C(=O)CCCn2ccc3cc(Cl)ccc32)C1. The standard InChI is InChI=1S/C17H21ClN2O2/c1-17(22)7-10-20(12-17)16(21)3-2-8-19-9-6-13-11-14(18)4-5-15(13)19/h4-6,9,11,22H,2-3,7-8,10,12H2,1H3/t17-/m1/s1. The van der Waals surface area contributed by atoms with Gasteiger partial charge in [0.25, 0.3) is 0 Å². The van der Waals surface area contributed by atoms with E-state index in [2.05, 4.69) is 4.57 Å². The van der Waals surface area contributed by atoms with Gasteiger partial charge < -0.3 is 14.6 Å². The van der Waals surface area contributed by atoms with E-state index in [1.165, 1.54) is 0 Å². The Bertz CT molecular complexity index is 693. The van der Waals surface area contributed by atoms with Gasteiger partial charge in [0.1, 0.15) is 0 Å². The second kappa shape index (κ2) is 5.94. The number of aliphatic hydroxyl groups is 1. The maximum Gasteiger partial charge on any atom is 0.222 e. The van der Waals surface area contributed by atoms with E-state index < -0.39 is 5.60 Å². The van der Waals surface area contributed by atoms with Crippen LogP contribution in [0.15, 0.2) is 30.5 Å². The average molecular weight is 321 g/mol. The topological polar surface area (TPSA) is 45.5 Å². The summed E-state index contributed by atoms with van der Waals surface area (Å²) >= 11 is 5.99. The van der Waals surface area contributed by atoms with Crippen molar-refractivity contribution in [2.24, 2.45) is 0 Å². The number of aryl methyl sites for hydroxylation is 1. The molecule has 5 heteroatoms. The average Bonchev–Trinajstić information content (AvgIpc) is 3.02. The maximum absolute atomic E-state index is 12.2. The van der Waals surface area contributed by atoms with Crippen molar-refractivity contribution in [2.75, 3.05) is 13.1 Å². The molecule has 0 spiro atoms. The lowest BCUT2D eigenvalue weighted by Gasteiger charge is -2.19. The van der Waals surface area contributed by atoms with E-state index in [0.717, 1.165) is 28.9 Å². The van der Waals surface area contributed by atoms with Gasteiger partial charge in [-0.15, -0.1) is 0 Å². The first-order valence-corrected chi connectivity index (χ1v) is 8.07. The maximum atomic E-state index is 12.2. The van der Waals surface area contributed by atoms with E-state index >= 15 is 0 Å². The van der Waals surface area contributed by atoms with Crippen LogP contribution in [-0.2, 0) is 11.3 Å². The number of amides is 1. The fraction of sp³-hybridized carbons (Fsp3) is 0.471. The van der Waals surface area contributed by atoms with Gasteiger partial charge in [-0.05, 0) is 44.0 Å². The van der Waals surface area contributed by atoms with Crippen LogP contribution in [0.2, 0.25) is 5.02 Å². The molecule has 0 radical (unpaired) electrons. The molecule has 2 heterocycles. The van der Waals surface area contributed by atoms with Crippen molar-refractivity contribution in [3.05, 3.63) is 35.5 Å². The lowest BCUT2D eigenvalue weighted by atomic mass is 10.1. The smallest absolute Gasteiger partial charge is 0.222 e. The number of hydrogen-bond acceptors (Lipinski definition) is 2. The second-order valence-electron chi connectivity index (χ2n) is 6.38. The third-order valence-electron chi connectivity index (χ3n) is 4.33. The minimum absolute atomic E-state index is 0.136. The Morgan fingerprint density at radius 3 is 2.95 bits per heavy atom. The van der Waals surface area contributed by atoms with Crippen molar-refractivity contribution < 1.29 is 9.90 Å². The number of rotatable bonds is 4. The van der Waals surface area contributed by atoms with Gasteiger partial charge in [-0.25, -0.2) is 0 Å². The third-order valence-corrected chi connectivity index (χ3v) is 4.56. The zero-order valence-corrected chi connectivity index (χ0v) is 13.5. The zero-order valence-electron chi connectivity index (χ0n) is 12.8. The fourth-order valence-electron chi connectivity index (χ4n) is 3.08. The molecule has 0 saturated carbocycles. The lowest BCUT2D eigenvalue weighted by molar-refractivity contribution is -0.131. The molecule has 22 heavy (non-hydrogen) atoms. The molecule has 1 aromatic heterocycles. The Hall–Kier alpha value is -1.52. The highest BCUT2D eigenvalue weighted by Crippen LogP contribution is 2.22. The summed E-state index contributed by atoms with van der Waals surface area (Å²) in [4.78, 5) is 13.9. The second-order valence-corrected chi connectivity index (χ2v) is 6.81.